The SMILES string of the molecule is C=CCOc1cc(/C=C/c2ccc(Cl)cc2Br)cc(C(=O)N(CCN)CCN)c1. The number of nitrogens with zero attached hydrogens (tertiary/aromatic N) is 1. The Kier molecular flexibility index (Phi) is 9.41. The predicted molar refractivity (Wildman–Crippen MR) is 124 cm³/mol. The fourth-order valence-electron chi connectivity index (χ4n) is 2.71. The summed E-state index contributed by atoms with van der Waals surface area (Å²) in [6.45, 7) is 5.64. The molecular formula is C22H25BrClN3O2. The van der Waals surface area contributed by atoms with Gasteiger partial charge in [-0.05, 0) is 41.5 Å². The van der Waals surface area contributed by atoms with Crippen molar-refractivity contribution in [1.82, 2.24) is 4.90 Å². The van der Waals surface area contributed by atoms with Crippen molar-refractivity contribution in [2.45, 2.75) is 0 Å². The van der Waals surface area contributed by atoms with Crippen LogP contribution in [0.2, 0.25) is 5.02 Å². The highest BCUT2D eigenvalue weighted by Gasteiger charge is 2.16. The zero-order valence-corrected chi connectivity index (χ0v) is 18.5. The molecule has 0 heterocycles. The molecule has 2 aromatic rings. The minimum Gasteiger partial charge on any atom is -0.490 e. The topological polar surface area (TPSA) is 81.6 Å². The molecule has 0 aliphatic rings. The molecule has 29 heavy (non-hydrogen) atoms. The molecule has 0 aliphatic carbocycles. The normalized spacial score (nSPS) is 10.9. The summed E-state index contributed by atoms with van der Waals surface area (Å²) in [6.07, 6.45) is 5.52. The van der Waals surface area contributed by atoms with Crippen LogP contribution in [0, 0.1) is 0 Å². The van der Waals surface area contributed by atoms with E-state index in [4.69, 9.17) is 27.8 Å². The molecule has 0 fully saturated rings. The Morgan fingerprint density at radius 2 is 1.86 bits per heavy atom. The third kappa shape index (κ3) is 7.01. The van der Waals surface area contributed by atoms with Gasteiger partial charge in [-0.1, -0.05) is 58.4 Å². The van der Waals surface area contributed by atoms with Crippen LogP contribution in [0.4, 0.5) is 0 Å². The summed E-state index contributed by atoms with van der Waals surface area (Å²) in [5.74, 6) is 0.457. The average molecular weight is 479 g/mol. The van der Waals surface area contributed by atoms with Gasteiger partial charge in [0.15, 0.2) is 0 Å². The van der Waals surface area contributed by atoms with Crippen LogP contribution in [0.5, 0.6) is 5.75 Å². The van der Waals surface area contributed by atoms with Crippen LogP contribution >= 0.6 is 27.5 Å². The van der Waals surface area contributed by atoms with Crippen LogP contribution in [0.25, 0.3) is 12.2 Å². The minimum absolute atomic E-state index is 0.132. The summed E-state index contributed by atoms with van der Waals surface area (Å²) in [7, 11) is 0. The van der Waals surface area contributed by atoms with Crippen molar-refractivity contribution in [2.24, 2.45) is 11.5 Å². The van der Waals surface area contributed by atoms with E-state index < -0.39 is 0 Å². The van der Waals surface area contributed by atoms with Crippen LogP contribution < -0.4 is 16.2 Å². The quantitative estimate of drug-likeness (QED) is 0.396. The smallest absolute Gasteiger partial charge is 0.254 e. The van der Waals surface area contributed by atoms with Crippen LogP contribution in [0.1, 0.15) is 21.5 Å². The maximum atomic E-state index is 13.0. The number of benzene rings is 2. The maximum Gasteiger partial charge on any atom is 0.254 e. The Morgan fingerprint density at radius 1 is 1.14 bits per heavy atom. The highest BCUT2D eigenvalue weighted by atomic mass is 79.9. The largest absolute Gasteiger partial charge is 0.490 e. The van der Waals surface area contributed by atoms with Gasteiger partial charge in [0.2, 0.25) is 0 Å². The standard InChI is InChI=1S/C22H25BrClN3O2/c1-2-11-29-20-13-16(3-4-17-5-6-19(24)15-21(17)23)12-18(14-20)22(28)27(9-7-25)10-8-26/h2-6,12-15H,1,7-11,25-26H2/b4-3+. The van der Waals surface area contributed by atoms with Crippen molar-refractivity contribution in [2.75, 3.05) is 32.8 Å². The van der Waals surface area contributed by atoms with Gasteiger partial charge in [0.05, 0.1) is 0 Å². The fourth-order valence-corrected chi connectivity index (χ4v) is 3.53. The number of carbonyl (C=O) groups is 1. The van der Waals surface area contributed by atoms with Gasteiger partial charge in [0, 0.05) is 41.2 Å². The molecule has 0 atom stereocenters. The lowest BCUT2D eigenvalue weighted by atomic mass is 10.1. The van der Waals surface area contributed by atoms with Crippen LogP contribution in [-0.4, -0.2) is 43.6 Å². The summed E-state index contributed by atoms with van der Waals surface area (Å²) >= 11 is 9.51. The van der Waals surface area contributed by atoms with E-state index in [-0.39, 0.29) is 5.91 Å². The van der Waals surface area contributed by atoms with E-state index in [1.54, 1.807) is 17.0 Å². The Morgan fingerprint density at radius 3 is 2.48 bits per heavy atom. The molecule has 4 N–H and O–H groups in total. The zero-order valence-electron chi connectivity index (χ0n) is 16.1. The van der Waals surface area contributed by atoms with Crippen LogP contribution in [-0.2, 0) is 0 Å². The third-order valence-corrected chi connectivity index (χ3v) is 4.97. The van der Waals surface area contributed by atoms with Gasteiger partial charge in [0.25, 0.3) is 5.91 Å². The summed E-state index contributed by atoms with van der Waals surface area (Å²) < 4.78 is 6.56. The van der Waals surface area contributed by atoms with Gasteiger partial charge < -0.3 is 21.1 Å². The van der Waals surface area contributed by atoms with Crippen LogP contribution in [0.3, 0.4) is 0 Å². The Bertz CT molecular complexity index is 880. The number of rotatable bonds is 10. The number of carbonyl (C=O) groups excluding carboxylic acids is 1. The number of halogens is 2. The number of ether oxygens (including phenoxy) is 1. The zero-order chi connectivity index (χ0) is 21.2. The fraction of sp³-hybridized carbons (Fsp3) is 0.227. The third-order valence-electron chi connectivity index (χ3n) is 4.05. The summed E-state index contributed by atoms with van der Waals surface area (Å²) in [6, 6.07) is 11.0. The van der Waals surface area contributed by atoms with E-state index in [9.17, 15) is 4.79 Å². The first-order valence-electron chi connectivity index (χ1n) is 9.19. The molecule has 0 saturated heterocycles. The van der Waals surface area contributed by atoms with Crippen molar-refractivity contribution < 1.29 is 9.53 Å². The van der Waals surface area contributed by atoms with Gasteiger partial charge in [-0.3, -0.25) is 4.79 Å². The molecule has 2 aromatic carbocycles. The molecule has 0 saturated carbocycles. The molecule has 0 bridgehead atoms. The number of hydrogen-bond donors (Lipinski definition) is 2. The van der Waals surface area contributed by atoms with Gasteiger partial charge >= 0.3 is 0 Å². The van der Waals surface area contributed by atoms with Crippen molar-refractivity contribution in [3.63, 3.8) is 0 Å². The van der Waals surface area contributed by atoms with E-state index >= 15 is 0 Å². The second-order valence-electron chi connectivity index (χ2n) is 6.26. The van der Waals surface area contributed by atoms with Crippen LogP contribution in [0.15, 0.2) is 53.5 Å². The molecule has 1 amide bonds. The maximum absolute atomic E-state index is 13.0. The van der Waals surface area contributed by atoms with E-state index in [1.165, 1.54) is 0 Å². The lowest BCUT2D eigenvalue weighted by molar-refractivity contribution is 0.0764. The Labute approximate surface area is 185 Å². The molecular weight excluding hydrogens is 454 g/mol. The van der Waals surface area contributed by atoms with E-state index in [2.05, 4.69) is 22.5 Å². The highest BCUT2D eigenvalue weighted by molar-refractivity contribution is 9.10. The molecule has 0 radical (unpaired) electrons. The van der Waals surface area contributed by atoms with Crippen molar-refractivity contribution >= 4 is 45.6 Å². The van der Waals surface area contributed by atoms with Gasteiger partial charge in [-0.15, -0.1) is 0 Å². The Hall–Kier alpha value is -2.12. The first-order chi connectivity index (χ1) is 14.0. The highest BCUT2D eigenvalue weighted by Crippen LogP contribution is 2.25. The average Bonchev–Trinajstić information content (AvgIpc) is 2.70. The lowest BCUT2D eigenvalue weighted by Gasteiger charge is -2.21. The first-order valence-corrected chi connectivity index (χ1v) is 10.4. The second-order valence-corrected chi connectivity index (χ2v) is 7.55. The number of nitrogens with two attached hydrogens (primary N) is 2. The Balaban J connectivity index is 2.38. The minimum atomic E-state index is -0.132. The molecule has 0 spiro atoms. The van der Waals surface area contributed by atoms with Crippen molar-refractivity contribution in [3.05, 3.63) is 75.2 Å². The molecule has 154 valence electrons. The second kappa shape index (κ2) is 11.8. The van der Waals surface area contributed by atoms with Crippen molar-refractivity contribution in [1.29, 1.82) is 0 Å². The molecule has 0 unspecified atom stereocenters. The summed E-state index contributed by atoms with van der Waals surface area (Å²) in [5.41, 5.74) is 13.6. The monoisotopic (exact) mass is 477 g/mol. The predicted octanol–water partition coefficient (Wildman–Crippen LogP) is 4.20. The van der Waals surface area contributed by atoms with Gasteiger partial charge in [-0.25, -0.2) is 0 Å². The molecule has 5 nitrogen and oxygen atoms in total. The molecule has 0 aromatic heterocycles. The summed E-state index contributed by atoms with van der Waals surface area (Å²) in [5, 5.41) is 0.654. The molecule has 0 aliphatic heterocycles. The number of amides is 1. The van der Waals surface area contributed by atoms with Crippen molar-refractivity contribution in [3.8, 4) is 5.75 Å². The van der Waals surface area contributed by atoms with Gasteiger partial charge in [-0.2, -0.15) is 0 Å². The van der Waals surface area contributed by atoms with E-state index in [0.29, 0.717) is 49.1 Å². The lowest BCUT2D eigenvalue weighted by Crippen LogP contribution is -2.38. The first kappa shape index (κ1) is 23.2. The number of hydrogen-bond acceptors (Lipinski definition) is 4. The molecule has 7 heteroatoms. The molecule has 2 rings (SSSR count). The van der Waals surface area contributed by atoms with E-state index in [0.717, 1.165) is 15.6 Å². The van der Waals surface area contributed by atoms with E-state index in [1.807, 2.05) is 42.5 Å². The van der Waals surface area contributed by atoms with Gasteiger partial charge in [0.1, 0.15) is 12.4 Å². The summed E-state index contributed by atoms with van der Waals surface area (Å²) in [4.78, 5) is 14.6.